The predicted molar refractivity (Wildman–Crippen MR) is 123 cm³/mol. The molecule has 2 aromatic rings. The Bertz CT molecular complexity index is 862. The molecule has 1 aromatic heterocycles. The molecule has 0 bridgehead atoms. The van der Waals surface area contributed by atoms with Crippen molar-refractivity contribution < 1.29 is 13.2 Å². The third kappa shape index (κ3) is 8.62. The summed E-state index contributed by atoms with van der Waals surface area (Å²) in [5, 5.41) is 7.24. The van der Waals surface area contributed by atoms with Crippen molar-refractivity contribution in [2.24, 2.45) is 4.99 Å². The first-order chi connectivity index (χ1) is 13.3. The Balaban J connectivity index is 0.00000420. The minimum atomic E-state index is -4.37. The van der Waals surface area contributed by atoms with Crippen molar-refractivity contribution in [1.29, 1.82) is 0 Å². The van der Waals surface area contributed by atoms with Gasteiger partial charge in [-0.1, -0.05) is 17.9 Å². The second-order valence-corrected chi connectivity index (χ2v) is 7.28. The highest BCUT2D eigenvalue weighted by atomic mass is 127. The van der Waals surface area contributed by atoms with Gasteiger partial charge < -0.3 is 10.6 Å². The van der Waals surface area contributed by atoms with E-state index in [1.165, 1.54) is 10.9 Å². The van der Waals surface area contributed by atoms with Crippen LogP contribution < -0.4 is 10.6 Å². The van der Waals surface area contributed by atoms with Gasteiger partial charge in [0.05, 0.1) is 22.8 Å². The number of hydrogen-bond donors (Lipinski definition) is 2. The van der Waals surface area contributed by atoms with E-state index in [1.807, 2.05) is 13.8 Å². The first-order valence-corrected chi connectivity index (χ1v) is 9.72. The fraction of sp³-hybridized carbons (Fsp3) is 0.400. The van der Waals surface area contributed by atoms with E-state index >= 15 is 0 Å². The summed E-state index contributed by atoms with van der Waals surface area (Å²) >= 11 is 1.68. The molecule has 0 saturated carbocycles. The Morgan fingerprint density at radius 1 is 1.24 bits per heavy atom. The van der Waals surface area contributed by atoms with Gasteiger partial charge in [0.15, 0.2) is 5.96 Å². The molecule has 1 aromatic carbocycles. The van der Waals surface area contributed by atoms with Crippen LogP contribution >= 0.6 is 35.3 Å². The van der Waals surface area contributed by atoms with Crippen LogP contribution in [0.1, 0.15) is 33.6 Å². The molecular weight excluding hydrogens is 512 g/mol. The van der Waals surface area contributed by atoms with Crippen LogP contribution in [0.15, 0.2) is 29.3 Å². The number of rotatable bonds is 5. The number of alkyl halides is 3. The lowest BCUT2D eigenvalue weighted by molar-refractivity contribution is -0.137. The van der Waals surface area contributed by atoms with E-state index in [1.54, 1.807) is 17.4 Å². The van der Waals surface area contributed by atoms with Crippen LogP contribution in [0, 0.1) is 25.7 Å². The topological polar surface area (TPSA) is 49.3 Å². The smallest absolute Gasteiger partial charge is 0.357 e. The molecule has 29 heavy (non-hydrogen) atoms. The number of thiazole rings is 1. The van der Waals surface area contributed by atoms with Crippen molar-refractivity contribution in [2.75, 3.05) is 19.6 Å². The molecule has 0 unspecified atom stereocenters. The van der Waals surface area contributed by atoms with E-state index in [9.17, 15) is 13.2 Å². The van der Waals surface area contributed by atoms with Crippen LogP contribution in [0.5, 0.6) is 0 Å². The summed E-state index contributed by atoms with van der Waals surface area (Å²) in [4.78, 5) is 10.2. The summed E-state index contributed by atoms with van der Waals surface area (Å²) in [6.07, 6.45) is -3.61. The molecule has 158 valence electrons. The molecule has 2 N–H and O–H groups in total. The third-order valence-corrected chi connectivity index (χ3v) is 4.91. The molecule has 9 heteroatoms. The van der Waals surface area contributed by atoms with Gasteiger partial charge in [-0.25, -0.2) is 4.98 Å². The van der Waals surface area contributed by atoms with Crippen LogP contribution in [0.25, 0.3) is 0 Å². The molecule has 0 aliphatic heterocycles. The molecule has 0 radical (unpaired) electrons. The first-order valence-electron chi connectivity index (χ1n) is 8.90. The zero-order valence-electron chi connectivity index (χ0n) is 16.5. The van der Waals surface area contributed by atoms with E-state index in [4.69, 9.17) is 0 Å². The second kappa shape index (κ2) is 12.0. The molecule has 4 nitrogen and oxygen atoms in total. The molecule has 0 saturated heterocycles. The number of aliphatic imine (C=N–C) groups is 1. The lowest BCUT2D eigenvalue weighted by Gasteiger charge is -2.08. The maximum atomic E-state index is 12.7. The maximum absolute atomic E-state index is 12.7. The van der Waals surface area contributed by atoms with Crippen molar-refractivity contribution >= 4 is 41.3 Å². The van der Waals surface area contributed by atoms with E-state index < -0.39 is 11.7 Å². The van der Waals surface area contributed by atoms with Gasteiger partial charge in [0.25, 0.3) is 0 Å². The van der Waals surface area contributed by atoms with Crippen molar-refractivity contribution in [3.05, 3.63) is 51.0 Å². The van der Waals surface area contributed by atoms with Crippen molar-refractivity contribution in [3.8, 4) is 11.8 Å². The van der Waals surface area contributed by atoms with Gasteiger partial charge in [-0.2, -0.15) is 13.2 Å². The number of nitrogens with zero attached hydrogens (tertiary/aromatic N) is 2. The van der Waals surface area contributed by atoms with Crippen LogP contribution in [0.4, 0.5) is 13.2 Å². The average Bonchev–Trinajstić information content (AvgIpc) is 2.96. The lowest BCUT2D eigenvalue weighted by atomic mass is 10.1. The van der Waals surface area contributed by atoms with Gasteiger partial charge in [0, 0.05) is 30.0 Å². The van der Waals surface area contributed by atoms with Gasteiger partial charge in [-0.15, -0.1) is 35.3 Å². The molecule has 0 aliphatic rings. The van der Waals surface area contributed by atoms with Crippen LogP contribution in [0.3, 0.4) is 0 Å². The maximum Gasteiger partial charge on any atom is 0.416 e. The van der Waals surface area contributed by atoms with E-state index in [0.29, 0.717) is 24.6 Å². The summed E-state index contributed by atoms with van der Waals surface area (Å²) in [5.74, 6) is 6.19. The summed E-state index contributed by atoms with van der Waals surface area (Å²) < 4.78 is 38.2. The molecule has 1 heterocycles. The van der Waals surface area contributed by atoms with Crippen LogP contribution in [-0.2, 0) is 12.6 Å². The molecule has 0 spiro atoms. The Labute approximate surface area is 190 Å². The lowest BCUT2D eigenvalue weighted by Crippen LogP contribution is -2.37. The SMILES string of the molecule is CCNC(=NCCc1nc(C)c(C)s1)NCC#Cc1cccc(C(F)(F)F)c1.I. The molecule has 2 rings (SSSR count). The van der Waals surface area contributed by atoms with Gasteiger partial charge in [-0.3, -0.25) is 4.99 Å². The van der Waals surface area contributed by atoms with Crippen LogP contribution in [-0.4, -0.2) is 30.6 Å². The zero-order valence-corrected chi connectivity index (χ0v) is 19.6. The Morgan fingerprint density at radius 2 is 2.00 bits per heavy atom. The third-order valence-electron chi connectivity index (χ3n) is 3.78. The fourth-order valence-electron chi connectivity index (χ4n) is 2.30. The Kier molecular flexibility index (Phi) is 10.5. The zero-order chi connectivity index (χ0) is 20.6. The average molecular weight is 536 g/mol. The monoisotopic (exact) mass is 536 g/mol. The number of nitrogens with one attached hydrogen (secondary N) is 2. The van der Waals surface area contributed by atoms with E-state index in [0.717, 1.165) is 29.3 Å². The van der Waals surface area contributed by atoms with Crippen molar-refractivity contribution in [3.63, 3.8) is 0 Å². The molecule has 0 amide bonds. The number of guanidine groups is 1. The van der Waals surface area contributed by atoms with Crippen molar-refractivity contribution in [2.45, 2.75) is 33.4 Å². The number of aryl methyl sites for hydroxylation is 2. The first kappa shape index (κ1) is 25.2. The van der Waals surface area contributed by atoms with E-state index in [2.05, 4.69) is 39.4 Å². The minimum Gasteiger partial charge on any atom is -0.357 e. The molecule has 0 aliphatic carbocycles. The second-order valence-electron chi connectivity index (χ2n) is 5.99. The number of aromatic nitrogens is 1. The predicted octanol–water partition coefficient (Wildman–Crippen LogP) is 4.55. The highest BCUT2D eigenvalue weighted by Crippen LogP contribution is 2.29. The summed E-state index contributed by atoms with van der Waals surface area (Å²) in [6.45, 7) is 7.56. The van der Waals surface area contributed by atoms with Crippen LogP contribution in [0.2, 0.25) is 0 Å². The fourth-order valence-corrected chi connectivity index (χ4v) is 3.22. The quantitative estimate of drug-likeness (QED) is 0.255. The highest BCUT2D eigenvalue weighted by Gasteiger charge is 2.30. The minimum absolute atomic E-state index is 0. The Hall–Kier alpha value is -1.80. The van der Waals surface area contributed by atoms with Gasteiger partial charge in [-0.05, 0) is 39.0 Å². The summed E-state index contributed by atoms with van der Waals surface area (Å²) in [6, 6.07) is 4.99. The largest absolute Gasteiger partial charge is 0.416 e. The number of halogens is 4. The van der Waals surface area contributed by atoms with Crippen molar-refractivity contribution in [1.82, 2.24) is 15.6 Å². The van der Waals surface area contributed by atoms with Gasteiger partial charge in [0.2, 0.25) is 0 Å². The summed E-state index contributed by atoms with van der Waals surface area (Å²) in [7, 11) is 0. The van der Waals surface area contributed by atoms with E-state index in [-0.39, 0.29) is 30.5 Å². The normalized spacial score (nSPS) is 11.3. The summed E-state index contributed by atoms with van der Waals surface area (Å²) in [5.41, 5.74) is 0.682. The standard InChI is InChI=1S/C20H23F3N4S.HI/c1-4-24-19(26-12-10-18-27-14(2)15(3)28-18)25-11-6-8-16-7-5-9-17(13-16)20(21,22)23;/h5,7,9,13H,4,10-12H2,1-3H3,(H2,24,25,26);1H. The molecular formula is C20H24F3IN4S. The van der Waals surface area contributed by atoms with Gasteiger partial charge >= 0.3 is 6.18 Å². The highest BCUT2D eigenvalue weighted by molar-refractivity contribution is 14.0. The number of hydrogen-bond acceptors (Lipinski definition) is 3. The molecule has 0 atom stereocenters. The number of benzene rings is 1. The Morgan fingerprint density at radius 3 is 2.62 bits per heavy atom. The van der Waals surface area contributed by atoms with Gasteiger partial charge in [0.1, 0.15) is 0 Å². The molecule has 0 fully saturated rings.